The molecule has 1 amide bonds. The second-order valence-electron chi connectivity index (χ2n) is 5.56. The van der Waals surface area contributed by atoms with E-state index in [9.17, 15) is 18.0 Å². The van der Waals surface area contributed by atoms with Gasteiger partial charge in [0.05, 0.1) is 5.56 Å². The van der Waals surface area contributed by atoms with Gasteiger partial charge in [0, 0.05) is 30.4 Å². The molecule has 0 saturated carbocycles. The smallest absolute Gasteiger partial charge is 0.370 e. The normalized spacial score (nSPS) is 11.2. The van der Waals surface area contributed by atoms with Gasteiger partial charge in [0.25, 0.3) is 5.91 Å². The molecule has 0 fully saturated rings. The minimum atomic E-state index is -4.40. The number of hydrogen-bond acceptors (Lipinski definition) is 4. The Labute approximate surface area is 143 Å². The van der Waals surface area contributed by atoms with Crippen molar-refractivity contribution in [2.75, 3.05) is 18.4 Å². The van der Waals surface area contributed by atoms with E-state index in [0.717, 1.165) is 23.5 Å². The zero-order valence-electron chi connectivity index (χ0n) is 13.9. The fourth-order valence-corrected chi connectivity index (χ4v) is 2.12. The molecule has 2 aromatic rings. The highest BCUT2D eigenvalue weighted by molar-refractivity contribution is 5.94. The van der Waals surface area contributed by atoms with Gasteiger partial charge in [-0.2, -0.15) is 13.2 Å². The van der Waals surface area contributed by atoms with Crippen molar-refractivity contribution < 1.29 is 18.0 Å². The number of amides is 1. The monoisotopic (exact) mass is 352 g/mol. The van der Waals surface area contributed by atoms with E-state index in [1.165, 1.54) is 12.1 Å². The maximum atomic E-state index is 12.5. The molecule has 5 nitrogen and oxygen atoms in total. The van der Waals surface area contributed by atoms with Crippen molar-refractivity contribution in [1.29, 1.82) is 0 Å². The molecule has 0 radical (unpaired) electrons. The fraction of sp³-hybridized carbons (Fsp3) is 0.353. The molecule has 1 aromatic heterocycles. The number of halogens is 3. The van der Waals surface area contributed by atoms with E-state index in [0.29, 0.717) is 25.3 Å². The summed E-state index contributed by atoms with van der Waals surface area (Å²) in [6.45, 7) is 4.70. The van der Waals surface area contributed by atoms with E-state index in [2.05, 4.69) is 20.6 Å². The predicted molar refractivity (Wildman–Crippen MR) is 88.4 cm³/mol. The molecule has 1 aromatic carbocycles. The van der Waals surface area contributed by atoms with E-state index in [-0.39, 0.29) is 5.56 Å². The first-order chi connectivity index (χ1) is 11.8. The minimum Gasteiger partial charge on any atom is -0.370 e. The molecule has 0 spiro atoms. The number of anilines is 1. The van der Waals surface area contributed by atoms with Crippen LogP contribution in [0.1, 0.15) is 33.7 Å². The van der Waals surface area contributed by atoms with Gasteiger partial charge < -0.3 is 10.6 Å². The van der Waals surface area contributed by atoms with Crippen LogP contribution in [-0.4, -0.2) is 29.0 Å². The standard InChI is InChI=1S/C17H19F3N4O/c1-11-10-23-12(2)24-15(11)21-8-3-9-22-16(25)13-4-6-14(7-5-13)17(18,19)20/h4-7,10H,3,8-9H2,1-2H3,(H,22,25)(H,21,23,24). The molecule has 0 atom stereocenters. The molecular weight excluding hydrogens is 333 g/mol. The Morgan fingerprint density at radius 3 is 2.44 bits per heavy atom. The molecular formula is C17H19F3N4O. The third kappa shape index (κ3) is 5.44. The third-order valence-electron chi connectivity index (χ3n) is 3.50. The first-order valence-corrected chi connectivity index (χ1v) is 7.77. The molecule has 1 heterocycles. The quantitative estimate of drug-likeness (QED) is 0.783. The number of nitrogens with one attached hydrogen (secondary N) is 2. The molecule has 134 valence electrons. The molecule has 0 aliphatic rings. The molecule has 0 saturated heterocycles. The lowest BCUT2D eigenvalue weighted by molar-refractivity contribution is -0.137. The van der Waals surface area contributed by atoms with Crippen LogP contribution in [0.4, 0.5) is 19.0 Å². The summed E-state index contributed by atoms with van der Waals surface area (Å²) in [5, 5.41) is 5.84. The maximum absolute atomic E-state index is 12.5. The number of aryl methyl sites for hydroxylation is 2. The highest BCUT2D eigenvalue weighted by atomic mass is 19.4. The van der Waals surface area contributed by atoms with E-state index >= 15 is 0 Å². The molecule has 2 rings (SSSR count). The van der Waals surface area contributed by atoms with Crippen molar-refractivity contribution in [3.63, 3.8) is 0 Å². The number of carbonyl (C=O) groups excluding carboxylic acids is 1. The number of nitrogens with zero attached hydrogens (tertiary/aromatic N) is 2. The number of rotatable bonds is 6. The lowest BCUT2D eigenvalue weighted by atomic mass is 10.1. The highest BCUT2D eigenvalue weighted by Crippen LogP contribution is 2.29. The Hall–Kier alpha value is -2.64. The molecule has 0 aliphatic heterocycles. The average Bonchev–Trinajstić information content (AvgIpc) is 2.56. The maximum Gasteiger partial charge on any atom is 0.416 e. The Balaban J connectivity index is 1.76. The Bertz CT molecular complexity index is 730. The highest BCUT2D eigenvalue weighted by Gasteiger charge is 2.30. The van der Waals surface area contributed by atoms with Crippen molar-refractivity contribution in [3.05, 3.63) is 53.0 Å². The summed E-state index contributed by atoms with van der Waals surface area (Å²) in [7, 11) is 0. The zero-order valence-corrected chi connectivity index (χ0v) is 13.9. The van der Waals surface area contributed by atoms with Crippen LogP contribution >= 0.6 is 0 Å². The molecule has 25 heavy (non-hydrogen) atoms. The lowest BCUT2D eigenvalue weighted by Gasteiger charge is -2.10. The summed E-state index contributed by atoms with van der Waals surface area (Å²) in [5.74, 6) is 1.02. The first kappa shape index (κ1) is 18.7. The number of aromatic nitrogens is 2. The van der Waals surface area contributed by atoms with E-state index in [1.54, 1.807) is 13.1 Å². The van der Waals surface area contributed by atoms with Gasteiger partial charge in [-0.3, -0.25) is 4.79 Å². The Kier molecular flexibility index (Phi) is 5.95. The van der Waals surface area contributed by atoms with Crippen LogP contribution < -0.4 is 10.6 Å². The average molecular weight is 352 g/mol. The second kappa shape index (κ2) is 7.96. The topological polar surface area (TPSA) is 66.9 Å². The largest absolute Gasteiger partial charge is 0.416 e. The van der Waals surface area contributed by atoms with E-state index < -0.39 is 17.6 Å². The summed E-state index contributed by atoms with van der Waals surface area (Å²) in [6.07, 6.45) is -2.02. The zero-order chi connectivity index (χ0) is 18.4. The van der Waals surface area contributed by atoms with Gasteiger partial charge in [0.1, 0.15) is 11.6 Å². The van der Waals surface area contributed by atoms with Crippen LogP contribution in [0.5, 0.6) is 0 Å². The van der Waals surface area contributed by atoms with Crippen LogP contribution in [0, 0.1) is 13.8 Å². The molecule has 0 bridgehead atoms. The third-order valence-corrected chi connectivity index (χ3v) is 3.50. The minimum absolute atomic E-state index is 0.197. The summed E-state index contributed by atoms with van der Waals surface area (Å²) in [6, 6.07) is 4.14. The van der Waals surface area contributed by atoms with Gasteiger partial charge in [-0.1, -0.05) is 0 Å². The molecule has 0 aliphatic carbocycles. The van der Waals surface area contributed by atoms with Gasteiger partial charge in [-0.05, 0) is 44.5 Å². The van der Waals surface area contributed by atoms with Gasteiger partial charge in [0.15, 0.2) is 0 Å². The van der Waals surface area contributed by atoms with Gasteiger partial charge in [0.2, 0.25) is 0 Å². The number of carbonyl (C=O) groups is 1. The van der Waals surface area contributed by atoms with Gasteiger partial charge in [-0.25, -0.2) is 9.97 Å². The van der Waals surface area contributed by atoms with Crippen molar-refractivity contribution in [3.8, 4) is 0 Å². The van der Waals surface area contributed by atoms with Crippen molar-refractivity contribution in [2.24, 2.45) is 0 Å². The van der Waals surface area contributed by atoms with Crippen molar-refractivity contribution in [2.45, 2.75) is 26.4 Å². The van der Waals surface area contributed by atoms with Crippen LogP contribution in [0.15, 0.2) is 30.5 Å². The first-order valence-electron chi connectivity index (χ1n) is 7.77. The van der Waals surface area contributed by atoms with Crippen LogP contribution in [0.25, 0.3) is 0 Å². The SMILES string of the molecule is Cc1ncc(C)c(NCCCNC(=O)c2ccc(C(F)(F)F)cc2)n1. The fourth-order valence-electron chi connectivity index (χ4n) is 2.12. The second-order valence-corrected chi connectivity index (χ2v) is 5.56. The van der Waals surface area contributed by atoms with Crippen LogP contribution in [0.2, 0.25) is 0 Å². The van der Waals surface area contributed by atoms with E-state index in [1.807, 2.05) is 6.92 Å². The molecule has 8 heteroatoms. The summed E-state index contributed by atoms with van der Waals surface area (Å²) in [4.78, 5) is 20.3. The lowest BCUT2D eigenvalue weighted by Crippen LogP contribution is -2.26. The molecule has 2 N–H and O–H groups in total. The Morgan fingerprint density at radius 1 is 1.12 bits per heavy atom. The number of alkyl halides is 3. The molecule has 0 unspecified atom stereocenters. The van der Waals surface area contributed by atoms with Crippen LogP contribution in [-0.2, 0) is 6.18 Å². The van der Waals surface area contributed by atoms with Gasteiger partial charge in [-0.15, -0.1) is 0 Å². The van der Waals surface area contributed by atoms with E-state index in [4.69, 9.17) is 0 Å². The Morgan fingerprint density at radius 2 is 1.80 bits per heavy atom. The number of benzene rings is 1. The summed E-state index contributed by atoms with van der Waals surface area (Å²) < 4.78 is 37.5. The number of hydrogen-bond donors (Lipinski definition) is 2. The summed E-state index contributed by atoms with van der Waals surface area (Å²) in [5.41, 5.74) is 0.353. The summed E-state index contributed by atoms with van der Waals surface area (Å²) >= 11 is 0. The van der Waals surface area contributed by atoms with Gasteiger partial charge >= 0.3 is 6.18 Å². The predicted octanol–water partition coefficient (Wildman–Crippen LogP) is 3.34. The van der Waals surface area contributed by atoms with Crippen molar-refractivity contribution in [1.82, 2.24) is 15.3 Å². The van der Waals surface area contributed by atoms with Crippen LogP contribution in [0.3, 0.4) is 0 Å². The van der Waals surface area contributed by atoms with Crippen molar-refractivity contribution >= 4 is 11.7 Å².